The zero-order valence-electron chi connectivity index (χ0n) is 15.3. The minimum Gasteiger partial charge on any atom is -0.504 e. The van der Waals surface area contributed by atoms with Gasteiger partial charge in [0.2, 0.25) is 0 Å². The van der Waals surface area contributed by atoms with Gasteiger partial charge in [0.05, 0.1) is 24.9 Å². The molecule has 0 spiro atoms. The number of anilines is 2. The van der Waals surface area contributed by atoms with E-state index in [1.807, 2.05) is 34.7 Å². The molecule has 0 aliphatic heterocycles. The monoisotopic (exact) mass is 395 g/mol. The molecular formula is C21H18ClN3O3. The van der Waals surface area contributed by atoms with Crippen LogP contribution in [-0.4, -0.2) is 28.7 Å². The van der Waals surface area contributed by atoms with Gasteiger partial charge in [-0.2, -0.15) is 0 Å². The standard InChI is InChI=1S/C21H18ClN3O3/c1-27-17-6-4-3-5-15(17)23-21-20(13-7-9-16(26)18(11-13)28-2)24-19-10-8-14(22)12-25(19)21/h3-12,23,26H,1-2H3. The minimum absolute atomic E-state index is 0.0669. The molecule has 0 amide bonds. The van der Waals surface area contributed by atoms with Crippen LogP contribution in [0.15, 0.2) is 60.8 Å². The van der Waals surface area contributed by atoms with Crippen LogP contribution >= 0.6 is 11.6 Å². The number of fused-ring (bicyclic) bond motifs is 1. The summed E-state index contributed by atoms with van der Waals surface area (Å²) in [5, 5.41) is 13.9. The number of hydrogen-bond acceptors (Lipinski definition) is 5. The van der Waals surface area contributed by atoms with Crippen molar-refractivity contribution in [3.63, 3.8) is 0 Å². The second-order valence-corrected chi connectivity index (χ2v) is 6.53. The molecule has 2 heterocycles. The summed E-state index contributed by atoms with van der Waals surface area (Å²) in [4.78, 5) is 4.74. The molecule has 28 heavy (non-hydrogen) atoms. The van der Waals surface area contributed by atoms with E-state index in [1.165, 1.54) is 7.11 Å². The molecule has 0 radical (unpaired) electrons. The molecule has 0 aliphatic rings. The number of phenolic OH excluding ortho intramolecular Hbond substituents is 1. The van der Waals surface area contributed by atoms with E-state index in [-0.39, 0.29) is 5.75 Å². The van der Waals surface area contributed by atoms with Crippen LogP contribution in [0.1, 0.15) is 0 Å². The van der Waals surface area contributed by atoms with E-state index in [0.29, 0.717) is 22.2 Å². The average Bonchev–Trinajstić information content (AvgIpc) is 3.06. The molecule has 2 aromatic carbocycles. The lowest BCUT2D eigenvalue weighted by Gasteiger charge is -2.13. The van der Waals surface area contributed by atoms with Crippen LogP contribution in [0.3, 0.4) is 0 Å². The van der Waals surface area contributed by atoms with Gasteiger partial charge in [-0.25, -0.2) is 4.98 Å². The van der Waals surface area contributed by atoms with E-state index in [0.717, 1.165) is 22.7 Å². The number of halogens is 1. The SMILES string of the molecule is COc1cc(-c2nc3ccc(Cl)cn3c2Nc2ccccc2OC)ccc1O. The molecular weight excluding hydrogens is 378 g/mol. The van der Waals surface area contributed by atoms with Gasteiger partial charge in [0.1, 0.15) is 22.9 Å². The number of rotatable bonds is 5. The Bertz CT molecular complexity index is 1160. The number of hydrogen-bond donors (Lipinski definition) is 2. The van der Waals surface area contributed by atoms with Crippen molar-refractivity contribution >= 4 is 28.8 Å². The van der Waals surface area contributed by atoms with Crippen molar-refractivity contribution in [1.29, 1.82) is 0 Å². The van der Waals surface area contributed by atoms with Crippen molar-refractivity contribution in [2.45, 2.75) is 0 Å². The van der Waals surface area contributed by atoms with Gasteiger partial charge in [0.25, 0.3) is 0 Å². The molecule has 142 valence electrons. The number of imidazole rings is 1. The zero-order valence-corrected chi connectivity index (χ0v) is 16.1. The summed E-state index contributed by atoms with van der Waals surface area (Å²) in [6.07, 6.45) is 1.79. The Morgan fingerprint density at radius 1 is 1.00 bits per heavy atom. The van der Waals surface area contributed by atoms with Crippen LogP contribution in [0.2, 0.25) is 5.02 Å². The fourth-order valence-electron chi connectivity index (χ4n) is 3.04. The Hall–Kier alpha value is -3.38. The fourth-order valence-corrected chi connectivity index (χ4v) is 3.20. The molecule has 0 bridgehead atoms. The average molecular weight is 396 g/mol. The highest BCUT2D eigenvalue weighted by molar-refractivity contribution is 6.30. The summed E-state index contributed by atoms with van der Waals surface area (Å²) in [5.74, 6) is 1.86. The summed E-state index contributed by atoms with van der Waals surface area (Å²) < 4.78 is 12.6. The first-order valence-electron chi connectivity index (χ1n) is 8.55. The van der Waals surface area contributed by atoms with E-state index in [1.54, 1.807) is 37.6 Å². The van der Waals surface area contributed by atoms with Crippen LogP contribution in [0.25, 0.3) is 16.9 Å². The van der Waals surface area contributed by atoms with Gasteiger partial charge >= 0.3 is 0 Å². The van der Waals surface area contributed by atoms with Crippen molar-refractivity contribution < 1.29 is 14.6 Å². The highest BCUT2D eigenvalue weighted by Crippen LogP contribution is 2.37. The highest BCUT2D eigenvalue weighted by Gasteiger charge is 2.17. The third kappa shape index (κ3) is 3.18. The lowest BCUT2D eigenvalue weighted by atomic mass is 10.1. The van der Waals surface area contributed by atoms with Gasteiger partial charge in [-0.3, -0.25) is 4.40 Å². The number of nitrogens with zero attached hydrogens (tertiary/aromatic N) is 2. The van der Waals surface area contributed by atoms with E-state index in [9.17, 15) is 5.11 Å². The molecule has 0 atom stereocenters. The Labute approximate surface area is 166 Å². The maximum absolute atomic E-state index is 9.93. The fraction of sp³-hybridized carbons (Fsp3) is 0.0952. The highest BCUT2D eigenvalue weighted by atomic mass is 35.5. The molecule has 0 saturated carbocycles. The molecule has 0 unspecified atom stereocenters. The molecule has 7 heteroatoms. The summed E-state index contributed by atoms with van der Waals surface area (Å²) in [6.45, 7) is 0. The second-order valence-electron chi connectivity index (χ2n) is 6.10. The lowest BCUT2D eigenvalue weighted by molar-refractivity contribution is 0.373. The lowest BCUT2D eigenvalue weighted by Crippen LogP contribution is -1.99. The normalized spacial score (nSPS) is 10.8. The predicted octanol–water partition coefficient (Wildman–Crippen LogP) is 5.12. The molecule has 4 aromatic rings. The third-order valence-electron chi connectivity index (χ3n) is 4.40. The van der Waals surface area contributed by atoms with Gasteiger partial charge in [-0.1, -0.05) is 23.7 Å². The third-order valence-corrected chi connectivity index (χ3v) is 4.62. The topological polar surface area (TPSA) is 68.0 Å². The first kappa shape index (κ1) is 18.0. The number of para-hydroxylation sites is 2. The van der Waals surface area contributed by atoms with Gasteiger partial charge in [-0.05, 0) is 42.5 Å². The molecule has 0 saturated heterocycles. The number of pyridine rings is 1. The van der Waals surface area contributed by atoms with E-state index in [2.05, 4.69) is 5.32 Å². The number of nitrogens with one attached hydrogen (secondary N) is 1. The number of methoxy groups -OCH3 is 2. The van der Waals surface area contributed by atoms with Crippen LogP contribution in [0.4, 0.5) is 11.5 Å². The minimum atomic E-state index is 0.0669. The van der Waals surface area contributed by atoms with Gasteiger partial charge in [0, 0.05) is 11.8 Å². The summed E-state index contributed by atoms with van der Waals surface area (Å²) in [6, 6.07) is 16.4. The van der Waals surface area contributed by atoms with Crippen molar-refractivity contribution in [2.75, 3.05) is 19.5 Å². The van der Waals surface area contributed by atoms with Gasteiger partial charge < -0.3 is 19.9 Å². The maximum Gasteiger partial charge on any atom is 0.161 e. The van der Waals surface area contributed by atoms with Crippen LogP contribution in [0, 0.1) is 0 Å². The van der Waals surface area contributed by atoms with Gasteiger partial charge in [-0.15, -0.1) is 0 Å². The maximum atomic E-state index is 9.93. The summed E-state index contributed by atoms with van der Waals surface area (Å²) >= 11 is 6.22. The first-order valence-corrected chi connectivity index (χ1v) is 8.93. The van der Waals surface area contributed by atoms with Crippen molar-refractivity contribution in [1.82, 2.24) is 9.38 Å². The predicted molar refractivity (Wildman–Crippen MR) is 110 cm³/mol. The summed E-state index contributed by atoms with van der Waals surface area (Å²) in [7, 11) is 3.13. The van der Waals surface area contributed by atoms with E-state index in [4.69, 9.17) is 26.1 Å². The quantitative estimate of drug-likeness (QED) is 0.490. The molecule has 2 aromatic heterocycles. The number of aromatic hydroxyl groups is 1. The van der Waals surface area contributed by atoms with Crippen molar-refractivity contribution in [3.05, 3.63) is 65.8 Å². The number of aromatic nitrogens is 2. The van der Waals surface area contributed by atoms with Crippen molar-refractivity contribution in [3.8, 4) is 28.5 Å². The molecule has 0 fully saturated rings. The Kier molecular flexibility index (Phi) is 4.71. The number of benzene rings is 2. The van der Waals surface area contributed by atoms with E-state index >= 15 is 0 Å². The van der Waals surface area contributed by atoms with Crippen LogP contribution < -0.4 is 14.8 Å². The van der Waals surface area contributed by atoms with Crippen LogP contribution in [0.5, 0.6) is 17.2 Å². The molecule has 6 nitrogen and oxygen atoms in total. The van der Waals surface area contributed by atoms with Crippen molar-refractivity contribution in [2.24, 2.45) is 0 Å². The van der Waals surface area contributed by atoms with E-state index < -0.39 is 0 Å². The van der Waals surface area contributed by atoms with Gasteiger partial charge in [0.15, 0.2) is 11.5 Å². The zero-order chi connectivity index (χ0) is 19.7. The second kappa shape index (κ2) is 7.32. The first-order chi connectivity index (χ1) is 13.6. The molecule has 2 N–H and O–H groups in total. The molecule has 4 rings (SSSR count). The Morgan fingerprint density at radius 2 is 1.79 bits per heavy atom. The number of ether oxygens (including phenoxy) is 2. The smallest absolute Gasteiger partial charge is 0.161 e. The number of phenols is 1. The Balaban J connectivity index is 1.93. The summed E-state index contributed by atoms with van der Waals surface area (Å²) in [5.41, 5.74) is 2.99. The largest absolute Gasteiger partial charge is 0.504 e. The molecule has 0 aliphatic carbocycles. The van der Waals surface area contributed by atoms with Crippen LogP contribution in [-0.2, 0) is 0 Å². The Morgan fingerprint density at radius 3 is 2.57 bits per heavy atom.